The highest BCUT2D eigenvalue weighted by Gasteiger charge is 2.51. The van der Waals surface area contributed by atoms with E-state index in [-0.39, 0.29) is 0 Å². The van der Waals surface area contributed by atoms with Gasteiger partial charge in [-0.3, -0.25) is 0 Å². The average molecular weight is 191 g/mol. The summed E-state index contributed by atoms with van der Waals surface area (Å²) in [6.45, 7) is 9.22. The van der Waals surface area contributed by atoms with Gasteiger partial charge in [0.25, 0.3) is 0 Å². The second-order valence-electron chi connectivity index (χ2n) is 5.98. The highest BCUT2D eigenvalue weighted by atomic mass is 14.6. The molecule has 2 aliphatic carbocycles. The average Bonchev–Trinajstić information content (AvgIpc) is 2.22. The van der Waals surface area contributed by atoms with Crippen LogP contribution in [-0.4, -0.2) is 5.71 Å². The Bertz CT molecular complexity index is 311. The molecule has 78 valence electrons. The molecule has 0 aromatic heterocycles. The molecule has 1 N–H and O–H groups in total. The fraction of sp³-hybridized carbons (Fsp3) is 0.769. The fourth-order valence-electron chi connectivity index (χ4n) is 3.73. The van der Waals surface area contributed by atoms with E-state index in [0.717, 1.165) is 5.71 Å². The van der Waals surface area contributed by atoms with E-state index in [2.05, 4.69) is 33.8 Å². The standard InChI is InChI=1S/C13H21N/c1-9-8-10(14)11-12(2,3)6-5-7-13(9,11)4/h8,11,14H,5-7H2,1-4H3/t11-,13-/m0/s1. The maximum Gasteiger partial charge on any atom is 0.0358 e. The van der Waals surface area contributed by atoms with Crippen LogP contribution in [0.1, 0.15) is 47.0 Å². The lowest BCUT2D eigenvalue weighted by Crippen LogP contribution is -2.43. The molecular weight excluding hydrogens is 170 g/mol. The van der Waals surface area contributed by atoms with Crippen LogP contribution in [0.25, 0.3) is 0 Å². The predicted molar refractivity (Wildman–Crippen MR) is 60.7 cm³/mol. The first-order chi connectivity index (χ1) is 6.38. The minimum atomic E-state index is 0.291. The van der Waals surface area contributed by atoms with Crippen molar-refractivity contribution in [3.05, 3.63) is 11.6 Å². The normalized spacial score (nSPS) is 40.7. The lowest BCUT2D eigenvalue weighted by molar-refractivity contribution is 0.0838. The third kappa shape index (κ3) is 1.11. The van der Waals surface area contributed by atoms with Gasteiger partial charge >= 0.3 is 0 Å². The lowest BCUT2D eigenvalue weighted by atomic mass is 9.56. The van der Waals surface area contributed by atoms with Crippen LogP contribution in [0.2, 0.25) is 0 Å². The van der Waals surface area contributed by atoms with E-state index in [1.54, 1.807) is 0 Å². The van der Waals surface area contributed by atoms with Crippen LogP contribution in [0, 0.1) is 22.2 Å². The van der Waals surface area contributed by atoms with Crippen molar-refractivity contribution in [1.82, 2.24) is 0 Å². The van der Waals surface area contributed by atoms with Gasteiger partial charge in [0.1, 0.15) is 0 Å². The molecule has 0 heterocycles. The van der Waals surface area contributed by atoms with E-state index in [1.165, 1.54) is 24.8 Å². The fourth-order valence-corrected chi connectivity index (χ4v) is 3.73. The summed E-state index contributed by atoms with van der Waals surface area (Å²) in [6, 6.07) is 0. The Hall–Kier alpha value is -0.590. The number of hydrogen-bond acceptors (Lipinski definition) is 1. The lowest BCUT2D eigenvalue weighted by Gasteiger charge is -2.48. The zero-order valence-electron chi connectivity index (χ0n) is 9.78. The third-order valence-corrected chi connectivity index (χ3v) is 4.52. The second-order valence-corrected chi connectivity index (χ2v) is 5.98. The molecule has 0 spiro atoms. The third-order valence-electron chi connectivity index (χ3n) is 4.52. The van der Waals surface area contributed by atoms with Gasteiger partial charge in [0.05, 0.1) is 0 Å². The first-order valence-corrected chi connectivity index (χ1v) is 5.65. The summed E-state index contributed by atoms with van der Waals surface area (Å²) in [5.41, 5.74) is 2.91. The maximum atomic E-state index is 8.11. The molecule has 0 bridgehead atoms. The van der Waals surface area contributed by atoms with Crippen LogP contribution in [0.5, 0.6) is 0 Å². The molecule has 0 aromatic rings. The number of fused-ring (bicyclic) bond motifs is 1. The van der Waals surface area contributed by atoms with E-state index in [9.17, 15) is 0 Å². The number of rotatable bonds is 0. The van der Waals surface area contributed by atoms with Gasteiger partial charge in [-0.25, -0.2) is 0 Å². The van der Waals surface area contributed by atoms with Gasteiger partial charge in [-0.1, -0.05) is 32.8 Å². The maximum absolute atomic E-state index is 8.11. The Morgan fingerprint density at radius 1 is 1.29 bits per heavy atom. The van der Waals surface area contributed by atoms with Gasteiger partial charge < -0.3 is 5.41 Å². The summed E-state index contributed by atoms with van der Waals surface area (Å²) >= 11 is 0. The Morgan fingerprint density at radius 2 is 1.93 bits per heavy atom. The van der Waals surface area contributed by atoms with Gasteiger partial charge in [0, 0.05) is 11.6 Å². The van der Waals surface area contributed by atoms with Crippen molar-refractivity contribution in [2.45, 2.75) is 47.0 Å². The number of hydrogen-bond donors (Lipinski definition) is 1. The van der Waals surface area contributed by atoms with Gasteiger partial charge in [-0.2, -0.15) is 0 Å². The molecule has 2 aliphatic rings. The van der Waals surface area contributed by atoms with Crippen molar-refractivity contribution in [2.24, 2.45) is 16.7 Å². The highest BCUT2D eigenvalue weighted by molar-refractivity contribution is 5.99. The van der Waals surface area contributed by atoms with Crippen LogP contribution in [0.3, 0.4) is 0 Å². The van der Waals surface area contributed by atoms with Gasteiger partial charge in [-0.05, 0) is 36.7 Å². The quantitative estimate of drug-likeness (QED) is 0.602. The predicted octanol–water partition coefficient (Wildman–Crippen LogP) is 3.80. The van der Waals surface area contributed by atoms with Crippen LogP contribution in [-0.2, 0) is 0 Å². The Kier molecular flexibility index (Phi) is 1.93. The SMILES string of the molecule is CC1=CC(=N)[C@H]2C(C)(C)CCC[C@@]12C. The monoisotopic (exact) mass is 191 g/mol. The zero-order valence-corrected chi connectivity index (χ0v) is 9.78. The molecule has 1 fully saturated rings. The van der Waals surface area contributed by atoms with E-state index in [0.29, 0.717) is 16.7 Å². The summed E-state index contributed by atoms with van der Waals surface area (Å²) in [5.74, 6) is 0.462. The molecule has 14 heavy (non-hydrogen) atoms. The molecule has 0 aliphatic heterocycles. The molecule has 1 heteroatoms. The first kappa shape index (κ1) is 9.95. The van der Waals surface area contributed by atoms with Crippen LogP contribution >= 0.6 is 0 Å². The molecule has 2 atom stereocenters. The minimum Gasteiger partial charge on any atom is -0.305 e. The molecule has 1 saturated carbocycles. The van der Waals surface area contributed by atoms with Crippen molar-refractivity contribution in [3.8, 4) is 0 Å². The first-order valence-electron chi connectivity index (χ1n) is 5.65. The van der Waals surface area contributed by atoms with E-state index < -0.39 is 0 Å². The molecule has 0 amide bonds. The topological polar surface area (TPSA) is 23.9 Å². The number of allylic oxidation sites excluding steroid dienone is 2. The molecule has 0 saturated heterocycles. The van der Waals surface area contributed by atoms with E-state index >= 15 is 0 Å². The Labute approximate surface area is 87.1 Å². The van der Waals surface area contributed by atoms with Gasteiger partial charge in [-0.15, -0.1) is 0 Å². The summed E-state index contributed by atoms with van der Waals surface area (Å²) in [4.78, 5) is 0. The van der Waals surface area contributed by atoms with Crippen LogP contribution < -0.4 is 0 Å². The van der Waals surface area contributed by atoms with Crippen LogP contribution in [0.15, 0.2) is 11.6 Å². The highest BCUT2D eigenvalue weighted by Crippen LogP contribution is 2.57. The molecule has 0 unspecified atom stereocenters. The van der Waals surface area contributed by atoms with Crippen molar-refractivity contribution in [3.63, 3.8) is 0 Å². The van der Waals surface area contributed by atoms with Crippen molar-refractivity contribution >= 4 is 5.71 Å². The summed E-state index contributed by atoms with van der Waals surface area (Å²) in [6.07, 6.45) is 5.97. The van der Waals surface area contributed by atoms with Crippen LogP contribution in [0.4, 0.5) is 0 Å². The zero-order chi connectivity index (χ0) is 10.6. The molecule has 2 rings (SSSR count). The smallest absolute Gasteiger partial charge is 0.0358 e. The van der Waals surface area contributed by atoms with Crippen molar-refractivity contribution < 1.29 is 0 Å². The van der Waals surface area contributed by atoms with Crippen molar-refractivity contribution in [1.29, 1.82) is 5.41 Å². The largest absolute Gasteiger partial charge is 0.305 e. The van der Waals surface area contributed by atoms with Gasteiger partial charge in [0.15, 0.2) is 0 Å². The Balaban J connectivity index is 2.45. The molecule has 0 radical (unpaired) electrons. The number of nitrogens with one attached hydrogen (secondary N) is 1. The van der Waals surface area contributed by atoms with E-state index in [4.69, 9.17) is 5.41 Å². The summed E-state index contributed by atoms with van der Waals surface area (Å²) in [7, 11) is 0. The minimum absolute atomic E-state index is 0.291. The summed E-state index contributed by atoms with van der Waals surface area (Å²) in [5, 5.41) is 8.11. The molecular formula is C13H21N. The summed E-state index contributed by atoms with van der Waals surface area (Å²) < 4.78 is 0. The van der Waals surface area contributed by atoms with Gasteiger partial charge in [0.2, 0.25) is 0 Å². The van der Waals surface area contributed by atoms with E-state index in [1.807, 2.05) is 0 Å². The molecule has 1 nitrogen and oxygen atoms in total. The van der Waals surface area contributed by atoms with Crippen molar-refractivity contribution in [2.75, 3.05) is 0 Å². The molecule has 0 aromatic carbocycles. The Morgan fingerprint density at radius 3 is 2.50 bits per heavy atom. The second kappa shape index (κ2) is 2.71.